The van der Waals surface area contributed by atoms with Crippen LogP contribution in [0.1, 0.15) is 26.7 Å². The largest absolute Gasteiger partial charge is 0.381 e. The van der Waals surface area contributed by atoms with Crippen molar-refractivity contribution in [1.29, 1.82) is 0 Å². The topological polar surface area (TPSA) is 38.5 Å². The minimum atomic E-state index is 0.228. The molecule has 1 aliphatic heterocycles. The molecule has 3 nitrogen and oxygen atoms in total. The highest BCUT2D eigenvalue weighted by Gasteiger charge is 2.34. The van der Waals surface area contributed by atoms with Gasteiger partial charge in [-0.1, -0.05) is 13.8 Å². The van der Waals surface area contributed by atoms with E-state index in [-0.39, 0.29) is 5.41 Å². The fourth-order valence-electron chi connectivity index (χ4n) is 2.13. The first-order valence-corrected chi connectivity index (χ1v) is 6.04. The Bertz CT molecular complexity index is 176. The molecule has 0 aromatic heterocycles. The molecular formula is C12H26N2O. The van der Waals surface area contributed by atoms with E-state index in [1.807, 2.05) is 0 Å². The van der Waals surface area contributed by atoms with Gasteiger partial charge in [-0.15, -0.1) is 0 Å². The average Bonchev–Trinajstić information content (AvgIpc) is 2.64. The Morgan fingerprint density at radius 3 is 2.67 bits per heavy atom. The van der Waals surface area contributed by atoms with Gasteiger partial charge < -0.3 is 15.4 Å². The molecule has 3 heteroatoms. The molecule has 1 aliphatic rings. The predicted molar refractivity (Wildman–Crippen MR) is 63.9 cm³/mol. The molecule has 1 unspecified atom stereocenters. The van der Waals surface area contributed by atoms with Gasteiger partial charge in [0.05, 0.1) is 6.61 Å². The molecule has 0 aromatic carbocycles. The van der Waals surface area contributed by atoms with Crippen LogP contribution in [0.25, 0.3) is 0 Å². The zero-order valence-corrected chi connectivity index (χ0v) is 10.5. The third kappa shape index (κ3) is 4.09. The van der Waals surface area contributed by atoms with Crippen LogP contribution in [0.4, 0.5) is 0 Å². The third-order valence-corrected chi connectivity index (χ3v) is 3.31. The molecule has 0 saturated carbocycles. The van der Waals surface area contributed by atoms with Crippen molar-refractivity contribution in [3.63, 3.8) is 0 Å². The van der Waals surface area contributed by atoms with Gasteiger partial charge in [-0.2, -0.15) is 0 Å². The van der Waals surface area contributed by atoms with Gasteiger partial charge in [0.15, 0.2) is 0 Å². The van der Waals surface area contributed by atoms with Crippen LogP contribution in [0.2, 0.25) is 0 Å². The smallest absolute Gasteiger partial charge is 0.0547 e. The maximum absolute atomic E-state index is 5.87. The lowest BCUT2D eigenvalue weighted by Gasteiger charge is -2.31. The number of hydrogen-bond acceptors (Lipinski definition) is 3. The van der Waals surface area contributed by atoms with Crippen LogP contribution >= 0.6 is 0 Å². The second-order valence-electron chi connectivity index (χ2n) is 5.43. The fourth-order valence-corrected chi connectivity index (χ4v) is 2.13. The van der Waals surface area contributed by atoms with Crippen molar-refractivity contribution in [2.45, 2.75) is 26.7 Å². The summed E-state index contributed by atoms with van der Waals surface area (Å²) >= 11 is 0. The number of rotatable bonds is 6. The molecule has 0 spiro atoms. The minimum Gasteiger partial charge on any atom is -0.381 e. The molecular weight excluding hydrogens is 188 g/mol. The van der Waals surface area contributed by atoms with Gasteiger partial charge in [0, 0.05) is 25.1 Å². The van der Waals surface area contributed by atoms with E-state index in [1.54, 1.807) is 0 Å². The quantitative estimate of drug-likeness (QED) is 0.725. The highest BCUT2D eigenvalue weighted by Crippen LogP contribution is 2.28. The first kappa shape index (κ1) is 12.9. The summed E-state index contributed by atoms with van der Waals surface area (Å²) in [6.07, 6.45) is 2.38. The Labute approximate surface area is 94.0 Å². The zero-order chi connectivity index (χ0) is 11.3. The minimum absolute atomic E-state index is 0.228. The van der Waals surface area contributed by atoms with Crippen LogP contribution in [-0.4, -0.2) is 44.8 Å². The van der Waals surface area contributed by atoms with Gasteiger partial charge in [-0.05, 0) is 32.4 Å². The highest BCUT2D eigenvalue weighted by atomic mass is 16.5. The van der Waals surface area contributed by atoms with Crippen molar-refractivity contribution in [2.75, 3.05) is 39.9 Å². The van der Waals surface area contributed by atoms with E-state index >= 15 is 0 Å². The molecule has 2 N–H and O–H groups in total. The number of hydrogen-bond donors (Lipinski definition) is 1. The molecule has 0 amide bonds. The number of nitrogens with two attached hydrogens (primary N) is 1. The van der Waals surface area contributed by atoms with Crippen LogP contribution in [0.3, 0.4) is 0 Å². The van der Waals surface area contributed by atoms with Crippen molar-refractivity contribution >= 4 is 0 Å². The van der Waals surface area contributed by atoms with E-state index in [4.69, 9.17) is 10.5 Å². The van der Waals surface area contributed by atoms with E-state index < -0.39 is 0 Å². The standard InChI is InChI=1S/C12H26N2O/c1-11(2)4-6-14(3)9-12(8-13)5-7-15-10-12/h11H,4-10,13H2,1-3H3. The number of ether oxygens (including phenoxy) is 1. The Balaban J connectivity index is 2.31. The molecule has 1 saturated heterocycles. The fraction of sp³-hybridized carbons (Fsp3) is 1.00. The lowest BCUT2D eigenvalue weighted by Crippen LogP contribution is -2.42. The summed E-state index contributed by atoms with van der Waals surface area (Å²) in [5.41, 5.74) is 6.09. The molecule has 1 heterocycles. The summed E-state index contributed by atoms with van der Waals surface area (Å²) in [5.74, 6) is 0.779. The Morgan fingerprint density at radius 2 is 2.20 bits per heavy atom. The van der Waals surface area contributed by atoms with E-state index in [0.29, 0.717) is 0 Å². The van der Waals surface area contributed by atoms with Crippen LogP contribution in [0.5, 0.6) is 0 Å². The molecule has 90 valence electrons. The van der Waals surface area contributed by atoms with Crippen LogP contribution < -0.4 is 5.73 Å². The molecule has 15 heavy (non-hydrogen) atoms. The monoisotopic (exact) mass is 214 g/mol. The van der Waals surface area contributed by atoms with Crippen molar-refractivity contribution < 1.29 is 4.74 Å². The summed E-state index contributed by atoms with van der Waals surface area (Å²) in [6.45, 7) is 9.26. The highest BCUT2D eigenvalue weighted by molar-refractivity contribution is 4.86. The first-order chi connectivity index (χ1) is 7.08. The van der Waals surface area contributed by atoms with Gasteiger partial charge in [0.25, 0.3) is 0 Å². The Hall–Kier alpha value is -0.120. The van der Waals surface area contributed by atoms with E-state index in [2.05, 4.69) is 25.8 Å². The van der Waals surface area contributed by atoms with Gasteiger partial charge in [0.2, 0.25) is 0 Å². The number of nitrogens with zero attached hydrogens (tertiary/aromatic N) is 1. The van der Waals surface area contributed by atoms with Crippen molar-refractivity contribution in [3.8, 4) is 0 Å². The lowest BCUT2D eigenvalue weighted by molar-refractivity contribution is 0.123. The van der Waals surface area contributed by atoms with E-state index in [0.717, 1.165) is 38.6 Å². The molecule has 1 fully saturated rings. The normalized spacial score (nSPS) is 26.8. The average molecular weight is 214 g/mol. The predicted octanol–water partition coefficient (Wildman–Crippen LogP) is 1.33. The molecule has 0 aliphatic carbocycles. The zero-order valence-electron chi connectivity index (χ0n) is 10.5. The summed E-state index contributed by atoms with van der Waals surface area (Å²) in [5, 5.41) is 0. The van der Waals surface area contributed by atoms with E-state index in [1.165, 1.54) is 13.0 Å². The lowest BCUT2D eigenvalue weighted by atomic mass is 9.87. The third-order valence-electron chi connectivity index (χ3n) is 3.31. The van der Waals surface area contributed by atoms with E-state index in [9.17, 15) is 0 Å². The summed E-state index contributed by atoms with van der Waals surface area (Å²) in [7, 11) is 2.19. The van der Waals surface area contributed by atoms with Crippen molar-refractivity contribution in [3.05, 3.63) is 0 Å². The maximum atomic E-state index is 5.87. The van der Waals surface area contributed by atoms with Gasteiger partial charge in [-0.25, -0.2) is 0 Å². The second-order valence-corrected chi connectivity index (χ2v) is 5.43. The van der Waals surface area contributed by atoms with Crippen molar-refractivity contribution in [2.24, 2.45) is 17.1 Å². The van der Waals surface area contributed by atoms with Gasteiger partial charge >= 0.3 is 0 Å². The SMILES string of the molecule is CC(C)CCN(C)CC1(CN)CCOC1. The second kappa shape index (κ2) is 5.83. The van der Waals surface area contributed by atoms with Gasteiger partial charge in [0.1, 0.15) is 0 Å². The Morgan fingerprint density at radius 1 is 1.47 bits per heavy atom. The maximum Gasteiger partial charge on any atom is 0.0547 e. The van der Waals surface area contributed by atoms with Crippen LogP contribution in [0, 0.1) is 11.3 Å². The molecule has 0 aromatic rings. The van der Waals surface area contributed by atoms with Crippen molar-refractivity contribution in [1.82, 2.24) is 4.90 Å². The molecule has 0 bridgehead atoms. The molecule has 0 radical (unpaired) electrons. The Kier molecular flexibility index (Phi) is 5.03. The summed E-state index contributed by atoms with van der Waals surface area (Å²) in [4.78, 5) is 2.40. The molecule has 1 atom stereocenters. The summed E-state index contributed by atoms with van der Waals surface area (Å²) < 4.78 is 5.47. The van der Waals surface area contributed by atoms with Gasteiger partial charge in [-0.3, -0.25) is 0 Å². The van der Waals surface area contributed by atoms with Crippen LogP contribution in [-0.2, 0) is 4.74 Å². The molecule has 1 rings (SSSR count). The van der Waals surface area contributed by atoms with Crippen LogP contribution in [0.15, 0.2) is 0 Å². The first-order valence-electron chi connectivity index (χ1n) is 6.04. The summed E-state index contributed by atoms with van der Waals surface area (Å²) in [6, 6.07) is 0.